The third-order valence-corrected chi connectivity index (χ3v) is 5.95. The average Bonchev–Trinajstić information content (AvgIpc) is 2.86. The molecule has 6 rings (SSSR count). The molecule has 0 radical (unpaired) electrons. The quantitative estimate of drug-likeness (QED) is 0.347. The van der Waals surface area contributed by atoms with Gasteiger partial charge in [0.25, 0.3) is 0 Å². The topological polar surface area (TPSA) is 118 Å². The molecule has 3 aromatic carbocycles. The highest BCUT2D eigenvalue weighted by molar-refractivity contribution is 5.94. The fraction of sp³-hybridized carbons (Fsp3) is 0.148. The number of pyridine rings is 1. The highest BCUT2D eigenvalue weighted by Crippen LogP contribution is 2.26. The summed E-state index contributed by atoms with van der Waals surface area (Å²) in [6, 6.07) is 22.0. The Kier molecular flexibility index (Phi) is 6.17. The van der Waals surface area contributed by atoms with E-state index >= 15 is 0 Å². The Bertz CT molecular complexity index is 1390. The first-order chi connectivity index (χ1) is 17.0. The minimum Gasteiger partial charge on any atom is -0.449 e. The summed E-state index contributed by atoms with van der Waals surface area (Å²) in [7, 11) is 0. The van der Waals surface area contributed by atoms with Crippen LogP contribution in [0.4, 0.5) is 22.0 Å². The molecule has 176 valence electrons. The van der Waals surface area contributed by atoms with Gasteiger partial charge in [0, 0.05) is 35.9 Å². The molecule has 35 heavy (non-hydrogen) atoms. The number of aromatic nitrogens is 1. The van der Waals surface area contributed by atoms with Crippen LogP contribution in [0.1, 0.15) is 22.7 Å². The second kappa shape index (κ2) is 9.72. The van der Waals surface area contributed by atoms with Crippen LogP contribution in [0.5, 0.6) is 0 Å². The highest BCUT2D eigenvalue weighted by Gasteiger charge is 2.21. The van der Waals surface area contributed by atoms with Crippen LogP contribution in [0.25, 0.3) is 10.8 Å². The molecule has 5 N–H and O–H groups in total. The van der Waals surface area contributed by atoms with Crippen LogP contribution in [0.2, 0.25) is 0 Å². The van der Waals surface area contributed by atoms with Gasteiger partial charge in [0.1, 0.15) is 11.9 Å². The summed E-state index contributed by atoms with van der Waals surface area (Å²) in [6.45, 7) is 0.557. The van der Waals surface area contributed by atoms with Crippen molar-refractivity contribution in [1.82, 2.24) is 10.3 Å². The van der Waals surface area contributed by atoms with Crippen molar-refractivity contribution in [3.63, 3.8) is 0 Å². The number of benzene rings is 3. The number of carbonyl (C=O) groups is 2. The zero-order valence-electron chi connectivity index (χ0n) is 19.0. The summed E-state index contributed by atoms with van der Waals surface area (Å²) in [4.78, 5) is 29.6. The minimum absolute atomic E-state index is 0.169. The molecule has 2 aliphatic heterocycles. The SMILES string of the molecule is Nc1nccc2cc(N[C@@H]3C(=O)NCc4cccc(c4)NC(=O)OCCc4ccc3cc4)ccc12. The third-order valence-electron chi connectivity index (χ3n) is 5.95. The molecule has 0 fully saturated rings. The van der Waals surface area contributed by atoms with Crippen LogP contribution < -0.4 is 21.7 Å². The number of hydrogen-bond acceptors (Lipinski definition) is 6. The molecule has 8 heteroatoms. The van der Waals surface area contributed by atoms with Crippen molar-refractivity contribution in [3.05, 3.63) is 95.7 Å². The van der Waals surface area contributed by atoms with Gasteiger partial charge in [-0.05, 0) is 58.5 Å². The molecule has 1 aromatic heterocycles. The van der Waals surface area contributed by atoms with Gasteiger partial charge >= 0.3 is 6.09 Å². The van der Waals surface area contributed by atoms with Gasteiger partial charge in [-0.1, -0.05) is 36.4 Å². The molecule has 0 saturated carbocycles. The lowest BCUT2D eigenvalue weighted by Crippen LogP contribution is -2.33. The van der Waals surface area contributed by atoms with E-state index in [0.717, 1.165) is 33.2 Å². The maximum Gasteiger partial charge on any atom is 0.411 e. The van der Waals surface area contributed by atoms with E-state index in [9.17, 15) is 9.59 Å². The number of nitrogens with one attached hydrogen (secondary N) is 3. The molecular weight excluding hydrogens is 442 g/mol. The summed E-state index contributed by atoms with van der Waals surface area (Å²) in [6.07, 6.45) is 1.73. The lowest BCUT2D eigenvalue weighted by Gasteiger charge is -2.21. The van der Waals surface area contributed by atoms with Crippen molar-refractivity contribution < 1.29 is 14.3 Å². The van der Waals surface area contributed by atoms with Crippen LogP contribution in [0.3, 0.4) is 0 Å². The number of amides is 2. The van der Waals surface area contributed by atoms with Crippen molar-refractivity contribution in [2.75, 3.05) is 23.0 Å². The number of nitrogens with zero attached hydrogens (tertiary/aromatic N) is 1. The van der Waals surface area contributed by atoms with Gasteiger partial charge in [0.15, 0.2) is 0 Å². The molecule has 2 aliphatic rings. The second-order valence-electron chi connectivity index (χ2n) is 8.38. The number of carbonyl (C=O) groups excluding carboxylic acids is 2. The molecule has 4 aromatic rings. The molecule has 0 saturated heterocycles. The smallest absolute Gasteiger partial charge is 0.411 e. The fourth-order valence-electron chi connectivity index (χ4n) is 4.10. The van der Waals surface area contributed by atoms with Crippen LogP contribution >= 0.6 is 0 Å². The Balaban J connectivity index is 1.46. The number of anilines is 3. The summed E-state index contributed by atoms with van der Waals surface area (Å²) in [5, 5.41) is 10.9. The summed E-state index contributed by atoms with van der Waals surface area (Å²) in [5.74, 6) is 0.298. The lowest BCUT2D eigenvalue weighted by atomic mass is 10.0. The Hall–Kier alpha value is -4.59. The number of nitrogens with two attached hydrogens (primary N) is 1. The number of fused-ring (bicyclic) bond motifs is 10. The Morgan fingerprint density at radius 3 is 2.69 bits per heavy atom. The molecule has 0 unspecified atom stereocenters. The van der Waals surface area contributed by atoms with Crippen molar-refractivity contribution in [3.8, 4) is 0 Å². The number of ether oxygens (including phenoxy) is 1. The maximum absolute atomic E-state index is 13.4. The zero-order chi connectivity index (χ0) is 24.2. The minimum atomic E-state index is -0.618. The highest BCUT2D eigenvalue weighted by atomic mass is 16.5. The molecule has 0 aliphatic carbocycles. The van der Waals surface area contributed by atoms with Crippen molar-refractivity contribution in [2.24, 2.45) is 0 Å². The summed E-state index contributed by atoms with van der Waals surface area (Å²) < 4.78 is 5.31. The largest absolute Gasteiger partial charge is 0.449 e. The Labute approximate surface area is 202 Å². The fourth-order valence-corrected chi connectivity index (χ4v) is 4.10. The number of nitrogen functional groups attached to an aromatic ring is 1. The van der Waals surface area contributed by atoms with Gasteiger partial charge in [-0.25, -0.2) is 9.78 Å². The monoisotopic (exact) mass is 467 g/mol. The van der Waals surface area contributed by atoms with Gasteiger partial charge in [0.2, 0.25) is 5.91 Å². The molecular formula is C27H25N5O3. The zero-order valence-corrected chi connectivity index (χ0v) is 19.0. The van der Waals surface area contributed by atoms with E-state index in [0.29, 0.717) is 24.5 Å². The first kappa shape index (κ1) is 22.2. The van der Waals surface area contributed by atoms with Gasteiger partial charge < -0.3 is 21.1 Å². The van der Waals surface area contributed by atoms with Gasteiger partial charge in [-0.15, -0.1) is 0 Å². The van der Waals surface area contributed by atoms with E-state index < -0.39 is 12.1 Å². The summed E-state index contributed by atoms with van der Waals surface area (Å²) in [5.41, 5.74) is 10.1. The van der Waals surface area contributed by atoms with E-state index in [1.54, 1.807) is 12.3 Å². The standard InChI is InChI=1S/C27H25N5O3/c28-25-23-9-8-22(15-20(23)10-12-29-25)31-24-19-6-4-17(5-7-19)11-13-35-27(34)32-21-3-1-2-18(14-21)16-30-26(24)33/h1-10,12,14-15,24,31H,11,13,16H2,(H2,28,29)(H,30,33)(H,32,34)/t24-/m0/s1. The predicted molar refractivity (Wildman–Crippen MR) is 136 cm³/mol. The molecule has 3 heterocycles. The van der Waals surface area contributed by atoms with Crippen molar-refractivity contribution >= 4 is 40.0 Å². The van der Waals surface area contributed by atoms with Gasteiger partial charge in [0.05, 0.1) is 6.61 Å². The van der Waals surface area contributed by atoms with Crippen molar-refractivity contribution in [1.29, 1.82) is 0 Å². The van der Waals surface area contributed by atoms with E-state index in [1.807, 2.05) is 66.7 Å². The van der Waals surface area contributed by atoms with Crippen LogP contribution in [0.15, 0.2) is 79.0 Å². The number of hydrogen-bond donors (Lipinski definition) is 4. The van der Waals surface area contributed by atoms with Crippen molar-refractivity contribution in [2.45, 2.75) is 19.0 Å². The average molecular weight is 468 g/mol. The van der Waals surface area contributed by atoms with E-state index in [4.69, 9.17) is 10.5 Å². The Morgan fingerprint density at radius 2 is 1.83 bits per heavy atom. The first-order valence-corrected chi connectivity index (χ1v) is 11.4. The Morgan fingerprint density at radius 1 is 0.971 bits per heavy atom. The summed E-state index contributed by atoms with van der Waals surface area (Å²) >= 11 is 0. The molecule has 4 bridgehead atoms. The molecule has 0 spiro atoms. The second-order valence-corrected chi connectivity index (χ2v) is 8.38. The van der Waals surface area contributed by atoms with E-state index in [2.05, 4.69) is 20.9 Å². The van der Waals surface area contributed by atoms with E-state index in [1.165, 1.54) is 0 Å². The van der Waals surface area contributed by atoms with E-state index in [-0.39, 0.29) is 12.5 Å². The maximum atomic E-state index is 13.4. The molecule has 8 nitrogen and oxygen atoms in total. The third kappa shape index (κ3) is 5.16. The van der Waals surface area contributed by atoms with Crippen LogP contribution in [0, 0.1) is 0 Å². The van der Waals surface area contributed by atoms with Gasteiger partial charge in [-0.3, -0.25) is 10.1 Å². The number of rotatable bonds is 2. The molecule has 1 atom stereocenters. The lowest BCUT2D eigenvalue weighted by molar-refractivity contribution is -0.122. The first-order valence-electron chi connectivity index (χ1n) is 11.4. The van der Waals surface area contributed by atoms with Gasteiger partial charge in [-0.2, -0.15) is 0 Å². The normalized spacial score (nSPS) is 16.3. The van der Waals surface area contributed by atoms with Crippen LogP contribution in [-0.2, 0) is 22.5 Å². The van der Waals surface area contributed by atoms with Crippen LogP contribution in [-0.4, -0.2) is 23.6 Å². The predicted octanol–water partition coefficient (Wildman–Crippen LogP) is 4.39. The molecule has 2 amide bonds.